The Labute approximate surface area is 169 Å². The molecule has 25 heavy (non-hydrogen) atoms. The molecule has 0 N–H and O–H groups in total. The Hall–Kier alpha value is -1.47. The number of esters is 1. The summed E-state index contributed by atoms with van der Waals surface area (Å²) < 4.78 is 8.24. The Morgan fingerprint density at radius 1 is 1.12 bits per heavy atom. The van der Waals surface area contributed by atoms with Crippen LogP contribution in [0.25, 0.3) is 16.2 Å². The second-order valence-electron chi connectivity index (χ2n) is 5.28. The van der Waals surface area contributed by atoms with E-state index < -0.39 is 5.97 Å². The molecular weight excluding hydrogens is 490 g/mol. The fourth-order valence-corrected chi connectivity index (χ4v) is 4.84. The molecule has 0 fully saturated rings. The summed E-state index contributed by atoms with van der Waals surface area (Å²) in [4.78, 5) is 17.2. The van der Waals surface area contributed by atoms with Crippen LogP contribution in [0.5, 0.6) is 0 Å². The van der Waals surface area contributed by atoms with Crippen LogP contribution >= 0.6 is 54.8 Å². The predicted octanol–water partition coefficient (Wildman–Crippen LogP) is 6.42. The Balaban J connectivity index is 1.77. The summed E-state index contributed by atoms with van der Waals surface area (Å²) in [5.41, 5.74) is 1.11. The number of thiophene rings is 1. The van der Waals surface area contributed by atoms with Gasteiger partial charge in [-0.1, -0.05) is 61.7 Å². The largest absolute Gasteiger partial charge is 0.401 e. The molecule has 0 unspecified atom stereocenters. The molecule has 1 aliphatic rings. The first kappa shape index (κ1) is 17.0. The summed E-state index contributed by atoms with van der Waals surface area (Å²) in [6, 6.07) is 13.4. The van der Waals surface area contributed by atoms with Crippen LogP contribution in [0.2, 0.25) is 5.02 Å². The number of rotatable bonds is 2. The third-order valence-electron chi connectivity index (χ3n) is 3.56. The van der Waals surface area contributed by atoms with Crippen molar-refractivity contribution in [1.82, 2.24) is 0 Å². The van der Waals surface area contributed by atoms with Gasteiger partial charge in [-0.3, -0.25) is 0 Å². The SMILES string of the molecule is O=C1OC(c2sc3cc(Br)ccc3c2Cl)=N/C1=C/c1cccc(Br)c1. The summed E-state index contributed by atoms with van der Waals surface area (Å²) in [5, 5.41) is 1.45. The zero-order valence-corrected chi connectivity index (χ0v) is 17.2. The minimum atomic E-state index is -0.482. The zero-order valence-electron chi connectivity index (χ0n) is 12.4. The van der Waals surface area contributed by atoms with Gasteiger partial charge in [-0.25, -0.2) is 9.79 Å². The van der Waals surface area contributed by atoms with Crippen molar-refractivity contribution < 1.29 is 9.53 Å². The third-order valence-corrected chi connectivity index (χ3v) is 6.19. The van der Waals surface area contributed by atoms with Gasteiger partial charge in [0.2, 0.25) is 5.90 Å². The average molecular weight is 498 g/mol. The lowest BCUT2D eigenvalue weighted by molar-refractivity contribution is -0.129. The molecule has 1 aromatic heterocycles. The number of cyclic esters (lactones) is 1. The fourth-order valence-electron chi connectivity index (χ4n) is 2.44. The predicted molar refractivity (Wildman–Crippen MR) is 109 cm³/mol. The number of hydrogen-bond acceptors (Lipinski definition) is 4. The molecule has 4 rings (SSSR count). The summed E-state index contributed by atoms with van der Waals surface area (Å²) in [6.45, 7) is 0. The molecular formula is C18H8Br2ClNO2S. The summed E-state index contributed by atoms with van der Waals surface area (Å²) in [5.74, 6) is -0.238. The van der Waals surface area contributed by atoms with Gasteiger partial charge in [-0.05, 0) is 35.9 Å². The second-order valence-corrected chi connectivity index (χ2v) is 8.54. The van der Waals surface area contributed by atoms with Crippen LogP contribution in [0.4, 0.5) is 0 Å². The number of hydrogen-bond donors (Lipinski definition) is 0. The Morgan fingerprint density at radius 3 is 2.72 bits per heavy atom. The van der Waals surface area contributed by atoms with Gasteiger partial charge in [-0.2, -0.15) is 0 Å². The second kappa shape index (κ2) is 6.68. The number of ether oxygens (including phenoxy) is 1. The fraction of sp³-hybridized carbons (Fsp3) is 0. The summed E-state index contributed by atoms with van der Waals surface area (Å²) >= 11 is 14.8. The van der Waals surface area contributed by atoms with Gasteiger partial charge < -0.3 is 4.74 Å². The van der Waals surface area contributed by atoms with Crippen molar-refractivity contribution in [2.45, 2.75) is 0 Å². The molecule has 124 valence electrons. The van der Waals surface area contributed by atoms with E-state index in [9.17, 15) is 4.79 Å². The number of fused-ring (bicyclic) bond motifs is 1. The normalized spacial score (nSPS) is 15.7. The number of carbonyl (C=O) groups is 1. The van der Waals surface area contributed by atoms with Crippen molar-refractivity contribution in [1.29, 1.82) is 0 Å². The van der Waals surface area contributed by atoms with Crippen molar-refractivity contribution in [3.8, 4) is 0 Å². The van der Waals surface area contributed by atoms with E-state index in [4.69, 9.17) is 16.3 Å². The first-order valence-corrected chi connectivity index (χ1v) is 9.95. The maximum atomic E-state index is 12.2. The maximum absolute atomic E-state index is 12.2. The van der Waals surface area contributed by atoms with Gasteiger partial charge in [0.15, 0.2) is 5.70 Å². The van der Waals surface area contributed by atoms with Crippen molar-refractivity contribution in [3.63, 3.8) is 0 Å². The van der Waals surface area contributed by atoms with E-state index in [1.807, 2.05) is 42.5 Å². The first-order chi connectivity index (χ1) is 12.0. The van der Waals surface area contributed by atoms with Crippen LogP contribution in [0.3, 0.4) is 0 Å². The van der Waals surface area contributed by atoms with E-state index in [0.717, 1.165) is 24.6 Å². The van der Waals surface area contributed by atoms with E-state index in [1.54, 1.807) is 6.08 Å². The van der Waals surface area contributed by atoms with Crippen LogP contribution in [0.15, 0.2) is 62.1 Å². The lowest BCUT2D eigenvalue weighted by atomic mass is 10.2. The van der Waals surface area contributed by atoms with Gasteiger partial charge in [0.1, 0.15) is 4.88 Å². The molecule has 2 aromatic carbocycles. The molecule has 0 radical (unpaired) electrons. The molecule has 0 saturated carbocycles. The van der Waals surface area contributed by atoms with Crippen LogP contribution in [0, 0.1) is 0 Å². The van der Waals surface area contributed by atoms with Gasteiger partial charge in [-0.15, -0.1) is 11.3 Å². The maximum Gasteiger partial charge on any atom is 0.363 e. The molecule has 7 heteroatoms. The third kappa shape index (κ3) is 3.31. The van der Waals surface area contributed by atoms with Crippen molar-refractivity contribution in [3.05, 3.63) is 72.6 Å². The van der Waals surface area contributed by atoms with Crippen molar-refractivity contribution >= 4 is 82.8 Å². The molecule has 3 nitrogen and oxygen atoms in total. The van der Waals surface area contributed by atoms with Gasteiger partial charge in [0, 0.05) is 19.0 Å². The quantitative estimate of drug-likeness (QED) is 0.303. The number of aliphatic imine (C=N–C) groups is 1. The highest BCUT2D eigenvalue weighted by molar-refractivity contribution is 9.10. The lowest BCUT2D eigenvalue weighted by Gasteiger charge is -1.96. The molecule has 3 aromatic rings. The molecule has 0 saturated heterocycles. The molecule has 0 bridgehead atoms. The Morgan fingerprint density at radius 2 is 1.92 bits per heavy atom. The van der Waals surface area contributed by atoms with E-state index in [-0.39, 0.29) is 11.6 Å². The topological polar surface area (TPSA) is 38.7 Å². The Kier molecular flexibility index (Phi) is 4.54. The lowest BCUT2D eigenvalue weighted by Crippen LogP contribution is -2.04. The van der Waals surface area contributed by atoms with Crippen molar-refractivity contribution in [2.24, 2.45) is 4.99 Å². The highest BCUT2D eigenvalue weighted by Gasteiger charge is 2.28. The smallest absolute Gasteiger partial charge is 0.363 e. The molecule has 0 spiro atoms. The number of carbonyl (C=O) groups excluding carboxylic acids is 1. The molecule has 2 heterocycles. The number of halogens is 3. The minimum Gasteiger partial charge on any atom is -0.401 e. The molecule has 1 aliphatic heterocycles. The molecule has 0 atom stereocenters. The van der Waals surface area contributed by atoms with Gasteiger partial charge in [0.25, 0.3) is 0 Å². The van der Waals surface area contributed by atoms with E-state index >= 15 is 0 Å². The van der Waals surface area contributed by atoms with Crippen molar-refractivity contribution in [2.75, 3.05) is 0 Å². The highest BCUT2D eigenvalue weighted by Crippen LogP contribution is 2.38. The standard InChI is InChI=1S/C18H8Br2ClNO2S/c19-10-3-1-2-9(6-10)7-13-18(23)24-17(22-13)16-15(21)12-5-4-11(20)8-14(12)25-16/h1-8H/b13-7+. The Bertz CT molecular complexity index is 1090. The van der Waals surface area contributed by atoms with Gasteiger partial charge >= 0.3 is 5.97 Å². The minimum absolute atomic E-state index is 0.244. The molecule has 0 aliphatic carbocycles. The highest BCUT2D eigenvalue weighted by atomic mass is 79.9. The number of benzene rings is 2. The van der Waals surface area contributed by atoms with Crippen LogP contribution < -0.4 is 0 Å². The van der Waals surface area contributed by atoms with Crippen LogP contribution in [-0.4, -0.2) is 11.9 Å². The van der Waals surface area contributed by atoms with Crippen LogP contribution in [0.1, 0.15) is 10.4 Å². The number of nitrogens with zero attached hydrogens (tertiary/aromatic N) is 1. The average Bonchev–Trinajstić information content (AvgIpc) is 3.08. The van der Waals surface area contributed by atoms with E-state index in [0.29, 0.717) is 9.90 Å². The van der Waals surface area contributed by atoms with Crippen LogP contribution in [-0.2, 0) is 9.53 Å². The molecule has 0 amide bonds. The van der Waals surface area contributed by atoms with E-state index in [2.05, 4.69) is 36.9 Å². The zero-order chi connectivity index (χ0) is 17.6. The monoisotopic (exact) mass is 495 g/mol. The summed E-state index contributed by atoms with van der Waals surface area (Å²) in [7, 11) is 0. The first-order valence-electron chi connectivity index (χ1n) is 7.17. The summed E-state index contributed by atoms with van der Waals surface area (Å²) in [6.07, 6.45) is 1.69. The van der Waals surface area contributed by atoms with E-state index in [1.165, 1.54) is 11.3 Å². The van der Waals surface area contributed by atoms with Gasteiger partial charge in [0.05, 0.1) is 5.02 Å².